The first-order valence-electron chi connectivity index (χ1n) is 11.6. The number of fused-ring (bicyclic) bond motifs is 1. The minimum Gasteiger partial charge on any atom is -0.325 e. The smallest absolute Gasteiger partial charge is 0.269 e. The molecule has 0 spiro atoms. The number of hydrogen-bond acceptors (Lipinski definition) is 5. The van der Waals surface area contributed by atoms with Crippen molar-refractivity contribution in [2.75, 3.05) is 5.32 Å². The maximum Gasteiger partial charge on any atom is 0.269 e. The van der Waals surface area contributed by atoms with E-state index in [4.69, 9.17) is 4.99 Å². The van der Waals surface area contributed by atoms with Crippen molar-refractivity contribution in [2.24, 2.45) is 4.99 Å². The molecule has 1 heterocycles. The molecule has 34 heavy (non-hydrogen) atoms. The normalized spacial score (nSPS) is 18.1. The van der Waals surface area contributed by atoms with E-state index in [1.807, 2.05) is 42.5 Å². The number of nitro benzene ring substituents is 1. The molecular weight excluding hydrogens is 428 g/mol. The summed E-state index contributed by atoms with van der Waals surface area (Å²) in [5, 5.41) is 17.8. The number of nitrogens with one attached hydrogen (secondary N) is 2. The van der Waals surface area contributed by atoms with Crippen LogP contribution in [0.1, 0.15) is 48.3 Å². The third-order valence-corrected chi connectivity index (χ3v) is 6.56. The molecule has 1 amide bonds. The van der Waals surface area contributed by atoms with E-state index in [2.05, 4.69) is 22.8 Å². The van der Waals surface area contributed by atoms with Gasteiger partial charge in [-0.2, -0.15) is 0 Å². The summed E-state index contributed by atoms with van der Waals surface area (Å²) in [6.45, 7) is 0.822. The summed E-state index contributed by atoms with van der Waals surface area (Å²) in [6.07, 6.45) is 5.08. The number of carbonyl (C=O) groups is 1. The van der Waals surface area contributed by atoms with Crippen molar-refractivity contribution >= 4 is 28.7 Å². The van der Waals surface area contributed by atoms with Crippen LogP contribution in [-0.4, -0.2) is 22.6 Å². The molecule has 1 aliphatic heterocycles. The number of nitrogens with zero attached hydrogens (tertiary/aromatic N) is 2. The van der Waals surface area contributed by atoms with Gasteiger partial charge in [-0.1, -0.05) is 55.3 Å². The molecule has 1 atom stereocenters. The Morgan fingerprint density at radius 1 is 1.03 bits per heavy atom. The van der Waals surface area contributed by atoms with Gasteiger partial charge in [-0.3, -0.25) is 19.9 Å². The van der Waals surface area contributed by atoms with Gasteiger partial charge in [-0.05, 0) is 42.2 Å². The highest BCUT2D eigenvalue weighted by atomic mass is 16.6. The SMILES string of the molecule is O=C1Nc2ccc([N+](=O)[O-])cc2C1C(=Nc1ccc(CNC2CCCC2)cc1)c1ccccc1. The summed E-state index contributed by atoms with van der Waals surface area (Å²) in [4.78, 5) is 28.8. The van der Waals surface area contributed by atoms with Gasteiger partial charge in [0.15, 0.2) is 0 Å². The van der Waals surface area contributed by atoms with E-state index in [1.165, 1.54) is 43.4 Å². The Hall–Kier alpha value is -3.84. The lowest BCUT2D eigenvalue weighted by atomic mass is 9.90. The number of benzene rings is 3. The highest BCUT2D eigenvalue weighted by Gasteiger charge is 2.36. The molecule has 1 unspecified atom stereocenters. The van der Waals surface area contributed by atoms with Gasteiger partial charge in [0.05, 0.1) is 16.3 Å². The number of rotatable bonds is 7. The van der Waals surface area contributed by atoms with Crippen LogP contribution in [0, 0.1) is 10.1 Å². The molecule has 7 nitrogen and oxygen atoms in total. The van der Waals surface area contributed by atoms with Crippen molar-refractivity contribution < 1.29 is 9.72 Å². The van der Waals surface area contributed by atoms with Crippen molar-refractivity contribution in [2.45, 2.75) is 44.2 Å². The van der Waals surface area contributed by atoms with Crippen molar-refractivity contribution in [3.8, 4) is 0 Å². The quantitative estimate of drug-likeness (QED) is 0.280. The molecule has 2 aliphatic rings. The fraction of sp³-hybridized carbons (Fsp3) is 0.259. The molecule has 1 aliphatic carbocycles. The summed E-state index contributed by atoms with van der Waals surface area (Å²) in [6, 6.07) is 22.6. The number of aliphatic imine (C=N–C) groups is 1. The highest BCUT2D eigenvalue weighted by Crippen LogP contribution is 2.38. The van der Waals surface area contributed by atoms with E-state index < -0.39 is 10.8 Å². The van der Waals surface area contributed by atoms with Crippen LogP contribution in [0.2, 0.25) is 0 Å². The number of carbonyl (C=O) groups excluding carboxylic acids is 1. The molecule has 3 aromatic rings. The molecule has 172 valence electrons. The summed E-state index contributed by atoms with van der Waals surface area (Å²) >= 11 is 0. The second kappa shape index (κ2) is 9.57. The minimum absolute atomic E-state index is 0.0493. The van der Waals surface area contributed by atoms with Crippen LogP contribution in [-0.2, 0) is 11.3 Å². The molecule has 7 heteroatoms. The van der Waals surface area contributed by atoms with Gasteiger partial charge < -0.3 is 10.6 Å². The van der Waals surface area contributed by atoms with Gasteiger partial charge >= 0.3 is 0 Å². The zero-order valence-corrected chi connectivity index (χ0v) is 18.7. The molecule has 0 aromatic heterocycles. The molecule has 1 saturated carbocycles. The Kier molecular flexibility index (Phi) is 6.18. The summed E-state index contributed by atoms with van der Waals surface area (Å²) in [5.41, 5.74) is 4.38. The molecule has 1 fully saturated rings. The second-order valence-electron chi connectivity index (χ2n) is 8.84. The Labute approximate surface area is 198 Å². The van der Waals surface area contributed by atoms with Crippen LogP contribution in [0.25, 0.3) is 0 Å². The first-order valence-corrected chi connectivity index (χ1v) is 11.6. The summed E-state index contributed by atoms with van der Waals surface area (Å²) in [5.74, 6) is -0.975. The van der Waals surface area contributed by atoms with Crippen molar-refractivity contribution in [1.29, 1.82) is 0 Å². The van der Waals surface area contributed by atoms with Crippen LogP contribution >= 0.6 is 0 Å². The first kappa shape index (κ1) is 22.0. The molecule has 0 saturated heterocycles. The Morgan fingerprint density at radius 3 is 2.47 bits per heavy atom. The zero-order valence-electron chi connectivity index (χ0n) is 18.7. The van der Waals surface area contributed by atoms with Gasteiger partial charge in [-0.25, -0.2) is 0 Å². The molecule has 2 N–H and O–H groups in total. The van der Waals surface area contributed by atoms with E-state index in [-0.39, 0.29) is 11.6 Å². The number of amides is 1. The Bertz CT molecular complexity index is 1230. The summed E-state index contributed by atoms with van der Waals surface area (Å²) < 4.78 is 0. The molecule has 0 bridgehead atoms. The van der Waals surface area contributed by atoms with E-state index in [9.17, 15) is 14.9 Å². The van der Waals surface area contributed by atoms with Crippen molar-refractivity contribution in [3.05, 3.63) is 99.6 Å². The molecule has 0 radical (unpaired) electrons. The topological polar surface area (TPSA) is 96.6 Å². The lowest BCUT2D eigenvalue weighted by Gasteiger charge is -2.14. The minimum atomic E-state index is -0.735. The van der Waals surface area contributed by atoms with Crippen LogP contribution in [0.5, 0.6) is 0 Å². The molecule has 3 aromatic carbocycles. The van der Waals surface area contributed by atoms with Crippen LogP contribution in [0.15, 0.2) is 77.8 Å². The second-order valence-corrected chi connectivity index (χ2v) is 8.84. The van der Waals surface area contributed by atoms with Gasteiger partial charge in [0, 0.05) is 36.0 Å². The number of anilines is 1. The fourth-order valence-corrected chi connectivity index (χ4v) is 4.76. The van der Waals surface area contributed by atoms with Crippen LogP contribution in [0.4, 0.5) is 17.1 Å². The molecular formula is C27H26N4O3. The average molecular weight is 455 g/mol. The lowest BCUT2D eigenvalue weighted by molar-refractivity contribution is -0.384. The molecule has 5 rings (SSSR count). The lowest BCUT2D eigenvalue weighted by Crippen LogP contribution is -2.25. The maximum absolute atomic E-state index is 13.0. The van der Waals surface area contributed by atoms with E-state index >= 15 is 0 Å². The van der Waals surface area contributed by atoms with Crippen LogP contribution < -0.4 is 10.6 Å². The predicted octanol–water partition coefficient (Wildman–Crippen LogP) is 5.48. The Balaban J connectivity index is 1.48. The average Bonchev–Trinajstić information content (AvgIpc) is 3.49. The van der Waals surface area contributed by atoms with Gasteiger partial charge in [0.25, 0.3) is 5.69 Å². The Morgan fingerprint density at radius 2 is 1.76 bits per heavy atom. The number of hydrogen-bond donors (Lipinski definition) is 2. The van der Waals surface area contributed by atoms with Crippen molar-refractivity contribution in [3.63, 3.8) is 0 Å². The number of nitro groups is 1. The predicted molar refractivity (Wildman–Crippen MR) is 133 cm³/mol. The standard InChI is InChI=1S/C27H26N4O3/c32-27-25(23-16-22(31(33)34)14-15-24(23)30-27)26(19-6-2-1-3-7-19)29-21-12-10-18(11-13-21)17-28-20-8-4-5-9-20/h1-3,6-7,10-16,20,25,28H,4-5,8-9,17H2,(H,30,32). The largest absolute Gasteiger partial charge is 0.325 e. The van der Waals surface area contributed by atoms with Crippen LogP contribution in [0.3, 0.4) is 0 Å². The van der Waals surface area contributed by atoms with Gasteiger partial charge in [-0.15, -0.1) is 0 Å². The van der Waals surface area contributed by atoms with Gasteiger partial charge in [0.2, 0.25) is 5.91 Å². The van der Waals surface area contributed by atoms with E-state index in [0.29, 0.717) is 23.0 Å². The zero-order chi connectivity index (χ0) is 23.5. The third-order valence-electron chi connectivity index (χ3n) is 6.56. The first-order chi connectivity index (χ1) is 16.6. The highest BCUT2D eigenvalue weighted by molar-refractivity contribution is 6.24. The third kappa shape index (κ3) is 4.61. The number of non-ortho nitro benzene ring substituents is 1. The van der Waals surface area contributed by atoms with E-state index in [0.717, 1.165) is 17.8 Å². The monoisotopic (exact) mass is 454 g/mol. The maximum atomic E-state index is 13.0. The van der Waals surface area contributed by atoms with Gasteiger partial charge in [0.1, 0.15) is 5.92 Å². The summed E-state index contributed by atoms with van der Waals surface area (Å²) in [7, 11) is 0. The fourth-order valence-electron chi connectivity index (χ4n) is 4.76. The van der Waals surface area contributed by atoms with E-state index in [1.54, 1.807) is 6.07 Å². The van der Waals surface area contributed by atoms with Crippen molar-refractivity contribution in [1.82, 2.24) is 5.32 Å².